The van der Waals surface area contributed by atoms with Crippen LogP contribution < -0.4 is 0 Å². The summed E-state index contributed by atoms with van der Waals surface area (Å²) < 4.78 is 18.3. The second-order valence-corrected chi connectivity index (χ2v) is 8.26. The number of hydrogen-bond donors (Lipinski definition) is 0. The second-order valence-electron chi connectivity index (χ2n) is 7.26. The average Bonchev–Trinajstić information content (AvgIpc) is 3.01. The van der Waals surface area contributed by atoms with Crippen molar-refractivity contribution in [1.82, 2.24) is 9.88 Å². The summed E-state index contributed by atoms with van der Waals surface area (Å²) in [5, 5.41) is 0.615. The fourth-order valence-electron chi connectivity index (χ4n) is 3.45. The molecule has 0 N–H and O–H groups in total. The van der Waals surface area contributed by atoms with Crippen molar-refractivity contribution in [2.24, 2.45) is 11.8 Å². The van der Waals surface area contributed by atoms with Crippen LogP contribution in [0.3, 0.4) is 0 Å². The number of halogens is 1. The molecule has 0 unspecified atom stereocenters. The SMILES string of the molecule is Cc1nc(-c2ccc(F)cc2)sc1C(=O)OCC(=O)N1C[C@@H](C)C[C@H](C)C1. The fraction of sp³-hybridized carbons (Fsp3) is 0.450. The molecule has 7 heteroatoms. The molecule has 1 amide bonds. The molecular formula is C20H23FN2O3S. The second kappa shape index (κ2) is 8.17. The number of carbonyl (C=O) groups is 2. The molecule has 27 heavy (non-hydrogen) atoms. The molecule has 0 aliphatic carbocycles. The highest BCUT2D eigenvalue weighted by Gasteiger charge is 2.26. The predicted molar refractivity (Wildman–Crippen MR) is 102 cm³/mol. The maximum atomic E-state index is 13.1. The Labute approximate surface area is 162 Å². The molecule has 2 aromatic rings. The number of aromatic nitrogens is 1. The van der Waals surface area contributed by atoms with Crippen molar-refractivity contribution < 1.29 is 18.7 Å². The molecule has 1 aromatic carbocycles. The standard InChI is InChI=1S/C20H23FN2O3S/c1-12-8-13(2)10-23(9-12)17(24)11-26-20(25)18-14(3)22-19(27-18)15-4-6-16(21)7-5-15/h4-7,12-13H,8-11H2,1-3H3/t12-,13-/m0/s1. The molecule has 1 fully saturated rings. The molecule has 5 nitrogen and oxygen atoms in total. The molecule has 2 atom stereocenters. The fourth-order valence-corrected chi connectivity index (χ4v) is 4.42. The number of thiazole rings is 1. The van der Waals surface area contributed by atoms with Gasteiger partial charge in [-0.3, -0.25) is 4.79 Å². The van der Waals surface area contributed by atoms with E-state index < -0.39 is 5.97 Å². The van der Waals surface area contributed by atoms with Gasteiger partial charge in [0, 0.05) is 18.7 Å². The summed E-state index contributed by atoms with van der Waals surface area (Å²) in [6, 6.07) is 5.93. The molecule has 1 saturated heterocycles. The Bertz CT molecular complexity index is 824. The first-order valence-corrected chi connectivity index (χ1v) is 9.83. The molecule has 144 valence electrons. The zero-order valence-corrected chi connectivity index (χ0v) is 16.5. The van der Waals surface area contributed by atoms with Crippen LogP contribution in [0.25, 0.3) is 10.6 Å². The van der Waals surface area contributed by atoms with Crippen molar-refractivity contribution in [2.45, 2.75) is 27.2 Å². The van der Waals surface area contributed by atoms with E-state index in [4.69, 9.17) is 4.74 Å². The molecule has 2 heterocycles. The van der Waals surface area contributed by atoms with E-state index in [1.807, 2.05) is 0 Å². The Hall–Kier alpha value is -2.28. The van der Waals surface area contributed by atoms with Gasteiger partial charge >= 0.3 is 5.97 Å². The smallest absolute Gasteiger partial charge is 0.350 e. The topological polar surface area (TPSA) is 59.5 Å². The maximum Gasteiger partial charge on any atom is 0.350 e. The third-order valence-electron chi connectivity index (χ3n) is 4.62. The van der Waals surface area contributed by atoms with Crippen molar-refractivity contribution in [3.8, 4) is 10.6 Å². The summed E-state index contributed by atoms with van der Waals surface area (Å²) >= 11 is 1.18. The monoisotopic (exact) mass is 390 g/mol. The molecule has 1 aliphatic rings. The van der Waals surface area contributed by atoms with Gasteiger partial charge in [0.25, 0.3) is 5.91 Å². The van der Waals surface area contributed by atoms with E-state index in [0.29, 0.717) is 40.5 Å². The normalized spacial score (nSPS) is 19.8. The molecule has 3 rings (SSSR count). The van der Waals surface area contributed by atoms with E-state index in [0.717, 1.165) is 12.0 Å². The number of esters is 1. The van der Waals surface area contributed by atoms with Crippen molar-refractivity contribution >= 4 is 23.2 Å². The summed E-state index contributed by atoms with van der Waals surface area (Å²) in [6.45, 7) is 7.11. The summed E-state index contributed by atoms with van der Waals surface area (Å²) in [4.78, 5) is 31.3. The van der Waals surface area contributed by atoms with E-state index in [9.17, 15) is 14.0 Å². The number of amides is 1. The van der Waals surface area contributed by atoms with Crippen LogP contribution in [-0.2, 0) is 9.53 Å². The largest absolute Gasteiger partial charge is 0.451 e. The van der Waals surface area contributed by atoms with Crippen molar-refractivity contribution in [2.75, 3.05) is 19.7 Å². The number of hydrogen-bond acceptors (Lipinski definition) is 5. The molecule has 1 aliphatic heterocycles. The highest BCUT2D eigenvalue weighted by molar-refractivity contribution is 7.17. The minimum absolute atomic E-state index is 0.164. The number of benzene rings is 1. The Morgan fingerprint density at radius 2 is 1.85 bits per heavy atom. The Balaban J connectivity index is 1.63. The third kappa shape index (κ3) is 4.71. The van der Waals surface area contributed by atoms with Gasteiger partial charge in [-0.15, -0.1) is 11.3 Å². The summed E-state index contributed by atoms with van der Waals surface area (Å²) in [6.07, 6.45) is 1.11. The molecule has 0 bridgehead atoms. The molecule has 0 saturated carbocycles. The average molecular weight is 390 g/mol. The molecular weight excluding hydrogens is 367 g/mol. The number of aryl methyl sites for hydroxylation is 1. The van der Waals surface area contributed by atoms with Gasteiger partial charge in [-0.1, -0.05) is 13.8 Å². The van der Waals surface area contributed by atoms with Gasteiger partial charge in [0.15, 0.2) is 6.61 Å². The van der Waals surface area contributed by atoms with Crippen LogP contribution in [-0.4, -0.2) is 41.5 Å². The predicted octanol–water partition coefficient (Wildman–Crippen LogP) is 3.92. The van der Waals surface area contributed by atoms with E-state index in [2.05, 4.69) is 18.8 Å². The first-order valence-electron chi connectivity index (χ1n) is 9.01. The van der Waals surface area contributed by atoms with E-state index in [1.165, 1.54) is 23.5 Å². The first kappa shape index (κ1) is 19.5. The lowest BCUT2D eigenvalue weighted by Crippen LogP contribution is -2.44. The van der Waals surface area contributed by atoms with Crippen molar-refractivity contribution in [1.29, 1.82) is 0 Å². The van der Waals surface area contributed by atoms with Crippen LogP contribution in [0.15, 0.2) is 24.3 Å². The number of ether oxygens (including phenoxy) is 1. The minimum atomic E-state index is -0.551. The maximum absolute atomic E-state index is 13.1. The van der Waals surface area contributed by atoms with Crippen LogP contribution in [0.2, 0.25) is 0 Å². The Morgan fingerprint density at radius 3 is 2.48 bits per heavy atom. The summed E-state index contributed by atoms with van der Waals surface area (Å²) in [7, 11) is 0. The highest BCUT2D eigenvalue weighted by Crippen LogP contribution is 2.28. The number of nitrogens with zero attached hydrogens (tertiary/aromatic N) is 2. The summed E-state index contributed by atoms with van der Waals surface area (Å²) in [5.74, 6) is -0.134. The van der Waals surface area contributed by atoms with Gasteiger partial charge in [-0.2, -0.15) is 0 Å². The number of rotatable bonds is 4. The van der Waals surface area contributed by atoms with Gasteiger partial charge in [0.2, 0.25) is 0 Å². The van der Waals surface area contributed by atoms with Crippen molar-refractivity contribution in [3.05, 3.63) is 40.7 Å². The summed E-state index contributed by atoms with van der Waals surface area (Å²) in [5.41, 5.74) is 1.27. The van der Waals surface area contributed by atoms with Gasteiger partial charge in [0.05, 0.1) is 5.69 Å². The highest BCUT2D eigenvalue weighted by atomic mass is 32.1. The molecule has 0 radical (unpaired) electrons. The number of carbonyl (C=O) groups excluding carboxylic acids is 2. The third-order valence-corrected chi connectivity index (χ3v) is 5.81. The number of likely N-dealkylation sites (tertiary alicyclic amines) is 1. The van der Waals surface area contributed by atoms with Gasteiger partial charge < -0.3 is 9.64 Å². The van der Waals surface area contributed by atoms with Crippen LogP contribution in [0.5, 0.6) is 0 Å². The van der Waals surface area contributed by atoms with E-state index in [-0.39, 0.29) is 18.3 Å². The Morgan fingerprint density at radius 1 is 1.22 bits per heavy atom. The Kier molecular flexibility index (Phi) is 5.89. The number of piperidine rings is 1. The van der Waals surface area contributed by atoms with Gasteiger partial charge in [0.1, 0.15) is 15.7 Å². The van der Waals surface area contributed by atoms with E-state index >= 15 is 0 Å². The minimum Gasteiger partial charge on any atom is -0.451 e. The van der Waals surface area contributed by atoms with Gasteiger partial charge in [-0.25, -0.2) is 14.2 Å². The molecule has 1 aromatic heterocycles. The van der Waals surface area contributed by atoms with Crippen LogP contribution in [0.4, 0.5) is 4.39 Å². The first-order chi connectivity index (χ1) is 12.8. The van der Waals surface area contributed by atoms with Gasteiger partial charge in [-0.05, 0) is 49.4 Å². The lowest BCUT2D eigenvalue weighted by atomic mass is 9.92. The van der Waals surface area contributed by atoms with Crippen LogP contribution in [0.1, 0.15) is 35.6 Å². The quantitative estimate of drug-likeness (QED) is 0.743. The zero-order valence-electron chi connectivity index (χ0n) is 15.7. The lowest BCUT2D eigenvalue weighted by Gasteiger charge is -2.34. The lowest BCUT2D eigenvalue weighted by molar-refractivity contribution is -0.137. The molecule has 0 spiro atoms. The van der Waals surface area contributed by atoms with E-state index in [1.54, 1.807) is 24.0 Å². The van der Waals surface area contributed by atoms with Crippen LogP contribution >= 0.6 is 11.3 Å². The van der Waals surface area contributed by atoms with Crippen LogP contribution in [0, 0.1) is 24.6 Å². The van der Waals surface area contributed by atoms with Crippen molar-refractivity contribution in [3.63, 3.8) is 0 Å². The zero-order chi connectivity index (χ0) is 19.6.